The fourth-order valence-corrected chi connectivity index (χ4v) is 4.55. The maximum absolute atomic E-state index is 13.7. The average Bonchev–Trinajstić information content (AvgIpc) is 3.59. The molecule has 0 N–H and O–H groups in total. The summed E-state index contributed by atoms with van der Waals surface area (Å²) in [5, 5.41) is 2.09. The Morgan fingerprint density at radius 2 is 1.59 bits per heavy atom. The summed E-state index contributed by atoms with van der Waals surface area (Å²) in [7, 11) is 0. The van der Waals surface area contributed by atoms with Crippen molar-refractivity contribution in [1.29, 1.82) is 0 Å². The fourth-order valence-electron chi connectivity index (χ4n) is 4.15. The van der Waals surface area contributed by atoms with E-state index >= 15 is 0 Å². The van der Waals surface area contributed by atoms with Crippen molar-refractivity contribution in [3.63, 3.8) is 0 Å². The Labute approximate surface area is 198 Å². The standard InChI is InChI=1S/C27H24Cl2N2O/c28-24-13-7-19(8-14-24)15-16-30(18-20-5-9-21(10-6-20)22-11-12-22)27(32)31-25-4-2-1-3-23(25)17-26(31)29/h1-10,13-14,17,22H,11-12,15-16,18H2. The number of carbonyl (C=O) groups excluding carboxylic acids is 1. The Hall–Kier alpha value is -2.75. The van der Waals surface area contributed by atoms with Gasteiger partial charge in [0.2, 0.25) is 0 Å². The van der Waals surface area contributed by atoms with Crippen LogP contribution in [-0.4, -0.2) is 22.0 Å². The number of aromatic nitrogens is 1. The van der Waals surface area contributed by atoms with E-state index in [1.165, 1.54) is 18.4 Å². The predicted molar refractivity (Wildman–Crippen MR) is 132 cm³/mol. The molecule has 1 aliphatic carbocycles. The van der Waals surface area contributed by atoms with Crippen molar-refractivity contribution in [1.82, 2.24) is 9.47 Å². The second-order valence-electron chi connectivity index (χ2n) is 8.46. The molecule has 0 radical (unpaired) electrons. The molecular weight excluding hydrogens is 439 g/mol. The molecule has 3 nitrogen and oxygen atoms in total. The van der Waals surface area contributed by atoms with Gasteiger partial charge in [-0.1, -0.05) is 77.8 Å². The maximum Gasteiger partial charge on any atom is 0.330 e. The first-order chi connectivity index (χ1) is 15.6. The van der Waals surface area contributed by atoms with Gasteiger partial charge in [0.25, 0.3) is 0 Å². The van der Waals surface area contributed by atoms with E-state index in [9.17, 15) is 4.79 Å². The molecule has 5 heteroatoms. The van der Waals surface area contributed by atoms with Gasteiger partial charge in [-0.2, -0.15) is 0 Å². The van der Waals surface area contributed by atoms with Crippen LogP contribution in [0.5, 0.6) is 0 Å². The van der Waals surface area contributed by atoms with E-state index in [4.69, 9.17) is 23.2 Å². The van der Waals surface area contributed by atoms with Gasteiger partial charge in [-0.15, -0.1) is 0 Å². The third-order valence-electron chi connectivity index (χ3n) is 6.11. The van der Waals surface area contributed by atoms with Gasteiger partial charge in [0, 0.05) is 23.5 Å². The van der Waals surface area contributed by atoms with E-state index in [0.717, 1.165) is 34.4 Å². The molecule has 1 amide bonds. The van der Waals surface area contributed by atoms with Crippen LogP contribution < -0.4 is 0 Å². The molecule has 0 spiro atoms. The molecule has 0 saturated heterocycles. The molecular formula is C27H24Cl2N2O. The van der Waals surface area contributed by atoms with Gasteiger partial charge in [-0.3, -0.25) is 4.57 Å². The number of halogens is 2. The van der Waals surface area contributed by atoms with Crippen LogP contribution in [0.3, 0.4) is 0 Å². The molecule has 32 heavy (non-hydrogen) atoms. The minimum Gasteiger partial charge on any atom is -0.319 e. The van der Waals surface area contributed by atoms with E-state index in [2.05, 4.69) is 24.3 Å². The zero-order valence-corrected chi connectivity index (χ0v) is 19.2. The summed E-state index contributed by atoms with van der Waals surface area (Å²) in [5.41, 5.74) is 4.47. The number of fused-ring (bicyclic) bond motifs is 1. The molecule has 1 heterocycles. The first kappa shape index (κ1) is 21.1. The van der Waals surface area contributed by atoms with E-state index in [1.54, 1.807) is 4.57 Å². The fraction of sp³-hybridized carbons (Fsp3) is 0.222. The van der Waals surface area contributed by atoms with Gasteiger partial charge in [0.1, 0.15) is 5.15 Å². The summed E-state index contributed by atoms with van der Waals surface area (Å²) in [6.07, 6.45) is 3.30. The van der Waals surface area contributed by atoms with Crippen LogP contribution in [0.4, 0.5) is 4.79 Å². The summed E-state index contributed by atoms with van der Waals surface area (Å²) >= 11 is 12.5. The number of hydrogen-bond donors (Lipinski definition) is 0. The summed E-state index contributed by atoms with van der Waals surface area (Å²) in [4.78, 5) is 15.6. The lowest BCUT2D eigenvalue weighted by Crippen LogP contribution is -2.35. The largest absolute Gasteiger partial charge is 0.330 e. The molecule has 1 aliphatic rings. The lowest BCUT2D eigenvalue weighted by molar-refractivity contribution is 0.198. The van der Waals surface area contributed by atoms with Crippen LogP contribution in [0.1, 0.15) is 35.4 Å². The highest BCUT2D eigenvalue weighted by Gasteiger charge is 2.24. The van der Waals surface area contributed by atoms with Gasteiger partial charge >= 0.3 is 6.03 Å². The summed E-state index contributed by atoms with van der Waals surface area (Å²) < 4.78 is 1.61. The molecule has 1 aromatic heterocycles. The smallest absolute Gasteiger partial charge is 0.319 e. The Bertz CT molecular complexity index is 1240. The second kappa shape index (κ2) is 9.01. The number of hydrogen-bond acceptors (Lipinski definition) is 1. The number of para-hydroxylation sites is 1. The van der Waals surface area contributed by atoms with Crippen molar-refractivity contribution >= 4 is 40.1 Å². The third-order valence-corrected chi connectivity index (χ3v) is 6.64. The number of benzene rings is 3. The molecule has 0 unspecified atom stereocenters. The van der Waals surface area contributed by atoms with Crippen LogP contribution in [0, 0.1) is 0 Å². The van der Waals surface area contributed by atoms with Crippen LogP contribution in [0.2, 0.25) is 10.2 Å². The van der Waals surface area contributed by atoms with Gasteiger partial charge in [0.15, 0.2) is 0 Å². The summed E-state index contributed by atoms with van der Waals surface area (Å²) in [5.74, 6) is 0.719. The molecule has 0 aliphatic heterocycles. The van der Waals surface area contributed by atoms with Crippen LogP contribution in [0.15, 0.2) is 78.9 Å². The van der Waals surface area contributed by atoms with Gasteiger partial charge < -0.3 is 4.90 Å². The highest BCUT2D eigenvalue weighted by molar-refractivity contribution is 6.32. The van der Waals surface area contributed by atoms with Crippen molar-refractivity contribution in [3.8, 4) is 0 Å². The van der Waals surface area contributed by atoms with Gasteiger partial charge in [0.05, 0.1) is 5.52 Å². The van der Waals surface area contributed by atoms with Crippen molar-refractivity contribution in [2.75, 3.05) is 6.54 Å². The lowest BCUT2D eigenvalue weighted by atomic mass is 10.1. The van der Waals surface area contributed by atoms with Crippen molar-refractivity contribution in [2.45, 2.75) is 31.7 Å². The Morgan fingerprint density at radius 3 is 2.31 bits per heavy atom. The normalized spacial score (nSPS) is 13.4. The Kier molecular flexibility index (Phi) is 5.95. The molecule has 0 atom stereocenters. The van der Waals surface area contributed by atoms with Crippen molar-refractivity contribution < 1.29 is 4.79 Å². The highest BCUT2D eigenvalue weighted by Crippen LogP contribution is 2.40. The zero-order valence-electron chi connectivity index (χ0n) is 17.7. The second-order valence-corrected chi connectivity index (χ2v) is 9.28. The highest BCUT2D eigenvalue weighted by atomic mass is 35.5. The molecule has 0 bridgehead atoms. The van der Waals surface area contributed by atoms with Crippen LogP contribution in [-0.2, 0) is 13.0 Å². The minimum atomic E-state index is -0.114. The lowest BCUT2D eigenvalue weighted by Gasteiger charge is -2.24. The topological polar surface area (TPSA) is 25.2 Å². The van der Waals surface area contributed by atoms with Crippen molar-refractivity contribution in [2.24, 2.45) is 0 Å². The summed E-state index contributed by atoms with van der Waals surface area (Å²) in [6, 6.07) is 26.0. The zero-order chi connectivity index (χ0) is 22.1. The number of carbonyl (C=O) groups is 1. The van der Waals surface area contributed by atoms with Gasteiger partial charge in [-0.05, 0) is 66.1 Å². The molecule has 1 fully saturated rings. The molecule has 162 valence electrons. The van der Waals surface area contributed by atoms with E-state index in [0.29, 0.717) is 23.3 Å². The first-order valence-corrected chi connectivity index (χ1v) is 11.7. The van der Waals surface area contributed by atoms with E-state index < -0.39 is 0 Å². The van der Waals surface area contributed by atoms with Crippen LogP contribution in [0.25, 0.3) is 10.9 Å². The monoisotopic (exact) mass is 462 g/mol. The van der Waals surface area contributed by atoms with Crippen molar-refractivity contribution in [3.05, 3.63) is 106 Å². The Morgan fingerprint density at radius 1 is 0.906 bits per heavy atom. The third kappa shape index (κ3) is 4.55. The quantitative estimate of drug-likeness (QED) is 0.290. The molecule has 5 rings (SSSR count). The van der Waals surface area contributed by atoms with E-state index in [-0.39, 0.29) is 6.03 Å². The van der Waals surface area contributed by atoms with Crippen LogP contribution >= 0.6 is 23.2 Å². The van der Waals surface area contributed by atoms with E-state index in [1.807, 2.05) is 59.5 Å². The molecule has 4 aromatic rings. The SMILES string of the molecule is O=C(N(CCc1ccc(Cl)cc1)Cc1ccc(C2CC2)cc1)n1c(Cl)cc2ccccc21. The number of amides is 1. The number of nitrogens with zero attached hydrogens (tertiary/aromatic N) is 2. The van der Waals surface area contributed by atoms with Gasteiger partial charge in [-0.25, -0.2) is 4.79 Å². The maximum atomic E-state index is 13.7. The molecule has 3 aromatic carbocycles. The molecule has 1 saturated carbocycles. The number of rotatable bonds is 6. The summed E-state index contributed by atoms with van der Waals surface area (Å²) in [6.45, 7) is 1.11. The Balaban J connectivity index is 1.42. The minimum absolute atomic E-state index is 0.114. The first-order valence-electron chi connectivity index (χ1n) is 11.0. The predicted octanol–water partition coefficient (Wildman–Crippen LogP) is 7.54. The average molecular weight is 463 g/mol.